The van der Waals surface area contributed by atoms with Crippen LogP contribution in [0, 0.1) is 0 Å². The first-order chi connectivity index (χ1) is 10.8. The van der Waals surface area contributed by atoms with Gasteiger partial charge in [0.05, 0.1) is 25.9 Å². The highest BCUT2D eigenvalue weighted by Crippen LogP contribution is 2.28. The van der Waals surface area contributed by atoms with Gasteiger partial charge >= 0.3 is 5.97 Å². The van der Waals surface area contributed by atoms with E-state index in [4.69, 9.17) is 15.0 Å². The molecule has 0 spiro atoms. The maximum Gasteiger partial charge on any atom is 0.316 e. The van der Waals surface area contributed by atoms with Crippen molar-refractivity contribution in [3.63, 3.8) is 0 Å². The Labute approximate surface area is 129 Å². The predicted octanol–water partition coefficient (Wildman–Crippen LogP) is 2.30. The number of azide groups is 1. The molecule has 22 heavy (non-hydrogen) atoms. The van der Waals surface area contributed by atoms with Gasteiger partial charge in [0, 0.05) is 18.0 Å². The van der Waals surface area contributed by atoms with Crippen molar-refractivity contribution in [2.45, 2.75) is 19.0 Å². The van der Waals surface area contributed by atoms with Crippen LogP contribution >= 0.6 is 0 Å². The summed E-state index contributed by atoms with van der Waals surface area (Å²) >= 11 is 0. The summed E-state index contributed by atoms with van der Waals surface area (Å²) in [7, 11) is 0. The number of esters is 1. The summed E-state index contributed by atoms with van der Waals surface area (Å²) in [4.78, 5) is 17.2. The Hall–Kier alpha value is -2.08. The summed E-state index contributed by atoms with van der Waals surface area (Å²) in [5.41, 5.74) is 9.78. The number of nitrogens with zero attached hydrogens (tertiary/aromatic N) is 4. The van der Waals surface area contributed by atoms with Crippen molar-refractivity contribution < 1.29 is 14.3 Å². The molecule has 1 fully saturated rings. The molecule has 2 atom stereocenters. The average molecular weight is 304 g/mol. The van der Waals surface area contributed by atoms with E-state index >= 15 is 0 Å². The summed E-state index contributed by atoms with van der Waals surface area (Å²) in [6.07, 6.45) is 0. The highest BCUT2D eigenvalue weighted by atomic mass is 16.5. The van der Waals surface area contributed by atoms with Gasteiger partial charge in [0.2, 0.25) is 0 Å². The number of benzene rings is 1. The molecule has 1 aromatic carbocycles. The van der Waals surface area contributed by atoms with E-state index in [1.165, 1.54) is 0 Å². The molecule has 0 N–H and O–H groups in total. The third-order valence-electron chi connectivity index (χ3n) is 3.58. The fraction of sp³-hybridized carbons (Fsp3) is 0.533. The molecule has 0 radical (unpaired) electrons. The molecule has 1 saturated heterocycles. The van der Waals surface area contributed by atoms with E-state index in [0.29, 0.717) is 26.3 Å². The minimum Gasteiger partial charge on any atom is -0.466 e. The molecular formula is C15H20N4O3. The quantitative estimate of drug-likeness (QED) is 0.349. The van der Waals surface area contributed by atoms with E-state index in [1.54, 1.807) is 6.92 Å². The second kappa shape index (κ2) is 8.38. The van der Waals surface area contributed by atoms with Gasteiger partial charge in [-0.1, -0.05) is 35.4 Å². The molecule has 2 rings (SSSR count). The van der Waals surface area contributed by atoms with Crippen LogP contribution in [-0.2, 0) is 14.3 Å². The van der Waals surface area contributed by atoms with Crippen LogP contribution in [0.2, 0.25) is 0 Å². The molecule has 118 valence electrons. The van der Waals surface area contributed by atoms with Gasteiger partial charge in [-0.2, -0.15) is 0 Å². The fourth-order valence-electron chi connectivity index (χ4n) is 2.62. The van der Waals surface area contributed by atoms with Crippen LogP contribution in [0.5, 0.6) is 0 Å². The van der Waals surface area contributed by atoms with E-state index in [9.17, 15) is 4.79 Å². The van der Waals surface area contributed by atoms with Crippen molar-refractivity contribution in [1.82, 2.24) is 4.90 Å². The molecule has 0 aliphatic carbocycles. The zero-order valence-electron chi connectivity index (χ0n) is 12.6. The summed E-state index contributed by atoms with van der Waals surface area (Å²) in [5.74, 6) is -0.499. The molecule has 0 bridgehead atoms. The first kappa shape index (κ1) is 16.3. The lowest BCUT2D eigenvalue weighted by molar-refractivity contribution is -0.147. The number of rotatable bonds is 6. The Balaban J connectivity index is 2.35. The van der Waals surface area contributed by atoms with E-state index in [-0.39, 0.29) is 12.6 Å². The molecule has 1 aromatic rings. The predicted molar refractivity (Wildman–Crippen MR) is 81.1 cm³/mol. The van der Waals surface area contributed by atoms with Gasteiger partial charge in [-0.25, -0.2) is 0 Å². The molecular weight excluding hydrogens is 284 g/mol. The third-order valence-corrected chi connectivity index (χ3v) is 3.58. The number of ether oxygens (including phenoxy) is 2. The Bertz CT molecular complexity index is 525. The number of morpholine rings is 1. The Morgan fingerprint density at radius 2 is 2.09 bits per heavy atom. The second-order valence-electron chi connectivity index (χ2n) is 4.91. The van der Waals surface area contributed by atoms with Crippen LogP contribution in [0.4, 0.5) is 0 Å². The van der Waals surface area contributed by atoms with Gasteiger partial charge in [-0.3, -0.25) is 9.69 Å². The van der Waals surface area contributed by atoms with Crippen LogP contribution < -0.4 is 0 Å². The monoisotopic (exact) mass is 304 g/mol. The summed E-state index contributed by atoms with van der Waals surface area (Å²) < 4.78 is 10.5. The smallest absolute Gasteiger partial charge is 0.316 e. The highest BCUT2D eigenvalue weighted by Gasteiger charge is 2.35. The minimum atomic E-state index is -0.912. The maximum atomic E-state index is 12.2. The lowest BCUT2D eigenvalue weighted by Crippen LogP contribution is -2.45. The van der Waals surface area contributed by atoms with Crippen molar-refractivity contribution >= 4 is 5.97 Å². The Kier molecular flexibility index (Phi) is 6.21. The Morgan fingerprint density at radius 1 is 1.41 bits per heavy atom. The molecule has 1 heterocycles. The van der Waals surface area contributed by atoms with Crippen LogP contribution in [-0.4, -0.2) is 49.8 Å². The third kappa shape index (κ3) is 3.98. The molecule has 1 aliphatic heterocycles. The minimum absolute atomic E-state index is 0.251. The van der Waals surface area contributed by atoms with Crippen LogP contribution in [0.1, 0.15) is 18.5 Å². The fourth-order valence-corrected chi connectivity index (χ4v) is 2.62. The summed E-state index contributed by atoms with van der Waals surface area (Å²) in [5, 5.41) is 3.72. The van der Waals surface area contributed by atoms with Gasteiger partial charge in [0.1, 0.15) is 0 Å². The van der Waals surface area contributed by atoms with Crippen LogP contribution in [0.25, 0.3) is 10.4 Å². The molecule has 0 aromatic heterocycles. The zero-order valence-corrected chi connectivity index (χ0v) is 12.6. The van der Waals surface area contributed by atoms with E-state index in [2.05, 4.69) is 14.9 Å². The van der Waals surface area contributed by atoms with Gasteiger partial charge in [-0.05, 0) is 18.0 Å². The highest BCUT2D eigenvalue weighted by molar-refractivity contribution is 5.77. The van der Waals surface area contributed by atoms with E-state index < -0.39 is 12.0 Å². The normalized spacial score (nSPS) is 18.0. The Morgan fingerprint density at radius 3 is 2.68 bits per heavy atom. The largest absolute Gasteiger partial charge is 0.466 e. The van der Waals surface area contributed by atoms with Crippen molar-refractivity contribution in [2.75, 3.05) is 32.9 Å². The standard InChI is InChI=1S/C15H20N4O3/c1-2-22-15(20)13(17-18-16)14(12-6-4-3-5-7-12)19-8-10-21-11-9-19/h3-7,13-14H,2,8-11H2,1H3/t13-,14-/m1/s1. The second-order valence-corrected chi connectivity index (χ2v) is 4.91. The SMILES string of the molecule is CCOC(=O)[C@H](N=[N+]=[N-])[C@@H](c1ccccc1)N1CCOCC1. The molecule has 0 unspecified atom stereocenters. The number of hydrogen-bond acceptors (Lipinski definition) is 5. The number of carbonyl (C=O) groups excluding carboxylic acids is 1. The van der Waals surface area contributed by atoms with Gasteiger partial charge in [0.15, 0.2) is 6.04 Å². The number of carbonyl (C=O) groups is 1. The van der Waals surface area contributed by atoms with Crippen molar-refractivity contribution in [1.29, 1.82) is 0 Å². The molecule has 0 amide bonds. The van der Waals surface area contributed by atoms with E-state index in [0.717, 1.165) is 5.56 Å². The lowest BCUT2D eigenvalue weighted by atomic mass is 9.97. The topological polar surface area (TPSA) is 87.5 Å². The van der Waals surface area contributed by atoms with Crippen LogP contribution in [0.15, 0.2) is 35.4 Å². The average Bonchev–Trinajstić information content (AvgIpc) is 2.56. The van der Waals surface area contributed by atoms with Gasteiger partial charge in [0.25, 0.3) is 0 Å². The molecule has 7 nitrogen and oxygen atoms in total. The summed E-state index contributed by atoms with van der Waals surface area (Å²) in [6, 6.07) is 8.32. The van der Waals surface area contributed by atoms with Gasteiger partial charge < -0.3 is 9.47 Å². The lowest BCUT2D eigenvalue weighted by Gasteiger charge is -2.36. The van der Waals surface area contributed by atoms with Crippen molar-refractivity contribution in [3.8, 4) is 0 Å². The summed E-state index contributed by atoms with van der Waals surface area (Å²) in [6.45, 7) is 4.52. The zero-order chi connectivity index (χ0) is 15.8. The van der Waals surface area contributed by atoms with Crippen molar-refractivity contribution in [3.05, 3.63) is 46.3 Å². The molecule has 7 heteroatoms. The van der Waals surface area contributed by atoms with Crippen molar-refractivity contribution in [2.24, 2.45) is 5.11 Å². The van der Waals surface area contributed by atoms with Gasteiger partial charge in [-0.15, -0.1) is 0 Å². The first-order valence-electron chi connectivity index (χ1n) is 7.35. The first-order valence-corrected chi connectivity index (χ1v) is 7.35. The maximum absolute atomic E-state index is 12.2. The number of hydrogen-bond donors (Lipinski definition) is 0. The molecule has 1 aliphatic rings. The van der Waals surface area contributed by atoms with Crippen LogP contribution in [0.3, 0.4) is 0 Å². The molecule has 0 saturated carbocycles. The van der Waals surface area contributed by atoms with E-state index in [1.807, 2.05) is 30.3 Å².